The van der Waals surface area contributed by atoms with Crippen LogP contribution in [-0.2, 0) is 22.6 Å². The van der Waals surface area contributed by atoms with Crippen molar-refractivity contribution in [3.05, 3.63) is 66.4 Å². The number of aromatic nitrogens is 1. The SMILES string of the molecule is O=C(CNC(=O)Cc1coc(-c2ccccc2)n1)NCc1ccco1. The maximum Gasteiger partial charge on any atom is 0.239 e. The number of hydrogen-bond acceptors (Lipinski definition) is 5. The zero-order chi connectivity index (χ0) is 17.5. The molecular weight excluding hydrogens is 322 g/mol. The molecule has 0 unspecified atom stereocenters. The van der Waals surface area contributed by atoms with E-state index in [1.54, 1.807) is 12.1 Å². The van der Waals surface area contributed by atoms with Gasteiger partial charge in [0.15, 0.2) is 0 Å². The summed E-state index contributed by atoms with van der Waals surface area (Å²) in [4.78, 5) is 27.9. The fraction of sp³-hybridized carbons (Fsp3) is 0.167. The lowest BCUT2D eigenvalue weighted by Crippen LogP contribution is -2.37. The van der Waals surface area contributed by atoms with Crippen LogP contribution in [0.1, 0.15) is 11.5 Å². The van der Waals surface area contributed by atoms with E-state index in [-0.39, 0.29) is 31.3 Å². The molecule has 0 aliphatic heterocycles. The number of nitrogens with one attached hydrogen (secondary N) is 2. The molecule has 3 rings (SSSR count). The molecule has 2 N–H and O–H groups in total. The molecular formula is C18H17N3O4. The van der Waals surface area contributed by atoms with Gasteiger partial charge >= 0.3 is 0 Å². The fourth-order valence-corrected chi connectivity index (χ4v) is 2.17. The van der Waals surface area contributed by atoms with E-state index in [0.717, 1.165) is 5.56 Å². The first-order valence-electron chi connectivity index (χ1n) is 7.76. The third-order valence-corrected chi connectivity index (χ3v) is 3.40. The molecule has 2 amide bonds. The highest BCUT2D eigenvalue weighted by atomic mass is 16.3. The Labute approximate surface area is 144 Å². The number of amides is 2. The summed E-state index contributed by atoms with van der Waals surface area (Å²) >= 11 is 0. The van der Waals surface area contributed by atoms with Crippen molar-refractivity contribution < 1.29 is 18.4 Å². The van der Waals surface area contributed by atoms with Gasteiger partial charge in [0.2, 0.25) is 17.7 Å². The van der Waals surface area contributed by atoms with E-state index in [0.29, 0.717) is 17.3 Å². The zero-order valence-electron chi connectivity index (χ0n) is 13.4. The van der Waals surface area contributed by atoms with Crippen LogP contribution in [0.3, 0.4) is 0 Å². The molecule has 3 aromatic rings. The van der Waals surface area contributed by atoms with E-state index in [4.69, 9.17) is 8.83 Å². The number of furan rings is 1. The molecule has 0 saturated heterocycles. The summed E-state index contributed by atoms with van der Waals surface area (Å²) in [5.41, 5.74) is 1.35. The van der Waals surface area contributed by atoms with Crippen molar-refractivity contribution in [1.29, 1.82) is 0 Å². The first-order chi connectivity index (χ1) is 12.2. The van der Waals surface area contributed by atoms with Crippen LogP contribution in [0.15, 0.2) is 63.8 Å². The molecule has 25 heavy (non-hydrogen) atoms. The Morgan fingerprint density at radius 3 is 2.56 bits per heavy atom. The Morgan fingerprint density at radius 1 is 0.960 bits per heavy atom. The van der Waals surface area contributed by atoms with Gasteiger partial charge in [-0.2, -0.15) is 0 Å². The summed E-state index contributed by atoms with van der Waals surface area (Å²) in [7, 11) is 0. The summed E-state index contributed by atoms with van der Waals surface area (Å²) < 4.78 is 10.5. The summed E-state index contributed by atoms with van der Waals surface area (Å²) in [5, 5.41) is 5.20. The van der Waals surface area contributed by atoms with E-state index >= 15 is 0 Å². The van der Waals surface area contributed by atoms with Crippen LogP contribution in [0.4, 0.5) is 0 Å². The highest BCUT2D eigenvalue weighted by Crippen LogP contribution is 2.17. The van der Waals surface area contributed by atoms with Gasteiger partial charge < -0.3 is 19.5 Å². The minimum Gasteiger partial charge on any atom is -0.467 e. The van der Waals surface area contributed by atoms with Crippen molar-refractivity contribution in [2.45, 2.75) is 13.0 Å². The summed E-state index contributed by atoms with van der Waals surface area (Å²) in [6.07, 6.45) is 3.02. The molecule has 1 aromatic carbocycles. The number of nitrogens with zero attached hydrogens (tertiary/aromatic N) is 1. The predicted molar refractivity (Wildman–Crippen MR) is 89.2 cm³/mol. The fourth-order valence-electron chi connectivity index (χ4n) is 2.17. The Hall–Kier alpha value is -3.35. The van der Waals surface area contributed by atoms with E-state index in [1.165, 1.54) is 12.5 Å². The van der Waals surface area contributed by atoms with E-state index in [2.05, 4.69) is 15.6 Å². The maximum absolute atomic E-state index is 11.9. The molecule has 0 spiro atoms. The van der Waals surface area contributed by atoms with Crippen LogP contribution in [0.5, 0.6) is 0 Å². The van der Waals surface area contributed by atoms with E-state index in [1.807, 2.05) is 30.3 Å². The Morgan fingerprint density at radius 2 is 1.80 bits per heavy atom. The number of hydrogen-bond donors (Lipinski definition) is 2. The molecule has 0 radical (unpaired) electrons. The van der Waals surface area contributed by atoms with Crippen molar-refractivity contribution in [2.24, 2.45) is 0 Å². The van der Waals surface area contributed by atoms with Gasteiger partial charge in [0.05, 0.1) is 31.5 Å². The highest BCUT2D eigenvalue weighted by Gasteiger charge is 2.11. The molecule has 0 bridgehead atoms. The molecule has 2 heterocycles. The van der Waals surface area contributed by atoms with Crippen LogP contribution in [0.25, 0.3) is 11.5 Å². The topological polar surface area (TPSA) is 97.4 Å². The number of oxazole rings is 1. The highest BCUT2D eigenvalue weighted by molar-refractivity contribution is 5.85. The average Bonchev–Trinajstić information content (AvgIpc) is 3.31. The number of benzene rings is 1. The third-order valence-electron chi connectivity index (χ3n) is 3.40. The molecule has 7 nitrogen and oxygen atoms in total. The van der Waals surface area contributed by atoms with Crippen LogP contribution >= 0.6 is 0 Å². The summed E-state index contributed by atoms with van der Waals surface area (Å²) in [6.45, 7) is 0.175. The molecule has 0 fully saturated rings. The quantitative estimate of drug-likeness (QED) is 0.685. The Bertz CT molecular complexity index is 825. The molecule has 0 aliphatic carbocycles. The molecule has 0 saturated carbocycles. The zero-order valence-corrected chi connectivity index (χ0v) is 13.4. The lowest BCUT2D eigenvalue weighted by molar-refractivity contribution is -0.125. The third kappa shape index (κ3) is 4.81. The van der Waals surface area contributed by atoms with Gasteiger partial charge in [-0.05, 0) is 24.3 Å². The van der Waals surface area contributed by atoms with Crippen LogP contribution in [-0.4, -0.2) is 23.3 Å². The van der Waals surface area contributed by atoms with Gasteiger partial charge in [0.1, 0.15) is 12.0 Å². The van der Waals surface area contributed by atoms with Crippen molar-refractivity contribution in [3.8, 4) is 11.5 Å². The van der Waals surface area contributed by atoms with E-state index < -0.39 is 0 Å². The van der Waals surface area contributed by atoms with E-state index in [9.17, 15) is 9.59 Å². The minimum absolute atomic E-state index is 0.0434. The standard InChI is InChI=1S/C18H17N3O4/c22-16(20-11-17(23)19-10-15-7-4-8-24-15)9-14-12-25-18(21-14)13-5-2-1-3-6-13/h1-8,12H,9-11H2,(H,19,23)(H,20,22). The number of carbonyl (C=O) groups is 2. The average molecular weight is 339 g/mol. The lowest BCUT2D eigenvalue weighted by Gasteiger charge is -2.05. The molecule has 0 atom stereocenters. The smallest absolute Gasteiger partial charge is 0.239 e. The number of rotatable bonds is 7. The molecule has 2 aromatic heterocycles. The molecule has 0 aliphatic rings. The first kappa shape index (κ1) is 16.5. The second kappa shape index (κ2) is 7.96. The second-order valence-corrected chi connectivity index (χ2v) is 5.32. The van der Waals surface area contributed by atoms with Gasteiger partial charge in [-0.15, -0.1) is 0 Å². The van der Waals surface area contributed by atoms with Crippen LogP contribution in [0, 0.1) is 0 Å². The Balaban J connectivity index is 1.43. The predicted octanol–water partition coefficient (Wildman–Crippen LogP) is 1.91. The van der Waals surface area contributed by atoms with Gasteiger partial charge in [0.25, 0.3) is 0 Å². The lowest BCUT2D eigenvalue weighted by atomic mass is 10.2. The Kier molecular flexibility index (Phi) is 5.26. The van der Waals surface area contributed by atoms with Crippen molar-refractivity contribution in [1.82, 2.24) is 15.6 Å². The molecule has 7 heteroatoms. The first-order valence-corrected chi connectivity index (χ1v) is 7.76. The largest absolute Gasteiger partial charge is 0.467 e. The van der Waals surface area contributed by atoms with Crippen molar-refractivity contribution in [3.63, 3.8) is 0 Å². The van der Waals surface area contributed by atoms with Gasteiger partial charge in [-0.1, -0.05) is 18.2 Å². The van der Waals surface area contributed by atoms with Crippen molar-refractivity contribution in [2.75, 3.05) is 6.54 Å². The number of carbonyl (C=O) groups excluding carboxylic acids is 2. The van der Waals surface area contributed by atoms with Gasteiger partial charge in [0, 0.05) is 5.56 Å². The van der Waals surface area contributed by atoms with Crippen LogP contribution < -0.4 is 10.6 Å². The summed E-state index contributed by atoms with van der Waals surface area (Å²) in [5.74, 6) is 0.506. The minimum atomic E-state index is -0.305. The van der Waals surface area contributed by atoms with Gasteiger partial charge in [-0.3, -0.25) is 9.59 Å². The summed E-state index contributed by atoms with van der Waals surface area (Å²) in [6, 6.07) is 12.9. The molecule has 128 valence electrons. The monoisotopic (exact) mass is 339 g/mol. The van der Waals surface area contributed by atoms with Gasteiger partial charge in [-0.25, -0.2) is 4.98 Å². The van der Waals surface area contributed by atoms with Crippen molar-refractivity contribution >= 4 is 11.8 Å². The normalized spacial score (nSPS) is 10.4. The maximum atomic E-state index is 11.9. The second-order valence-electron chi connectivity index (χ2n) is 5.32. The van der Waals surface area contributed by atoms with Crippen LogP contribution in [0.2, 0.25) is 0 Å².